The third-order valence-corrected chi connectivity index (χ3v) is 7.09. The average Bonchev–Trinajstić information content (AvgIpc) is 3.23. The standard InChI is InChI=1S/C20H30N2O5S2/c1-5-6-9-20(3,4)16(23)8-7-15-13(2)27-19(26)22(15)10-11-28-18-21-14(12-29-18)17(24)25/h7-8,12-13,15-16,23H,5-6,9-11H2,1-4H3,(H,24,25)/b8-7+/t13-,15-,16?/m0/s1. The highest BCUT2D eigenvalue weighted by atomic mass is 32.2. The second kappa shape index (κ2) is 10.4. The summed E-state index contributed by atoms with van der Waals surface area (Å²) in [5, 5.41) is 21.0. The molecule has 1 aliphatic heterocycles. The van der Waals surface area contributed by atoms with Gasteiger partial charge in [0.1, 0.15) is 6.10 Å². The molecule has 1 fully saturated rings. The lowest BCUT2D eigenvalue weighted by Gasteiger charge is -2.29. The summed E-state index contributed by atoms with van der Waals surface area (Å²) >= 11 is 2.68. The van der Waals surface area contributed by atoms with E-state index < -0.39 is 12.1 Å². The lowest BCUT2D eigenvalue weighted by atomic mass is 9.81. The molecule has 1 aromatic heterocycles. The lowest BCUT2D eigenvalue weighted by Crippen LogP contribution is -2.36. The quantitative estimate of drug-likeness (QED) is 0.390. The molecular formula is C20H30N2O5S2. The van der Waals surface area contributed by atoms with E-state index in [9.17, 15) is 14.7 Å². The fourth-order valence-electron chi connectivity index (χ4n) is 3.09. The van der Waals surface area contributed by atoms with E-state index in [2.05, 4.69) is 11.9 Å². The molecule has 0 bridgehead atoms. The Morgan fingerprint density at radius 3 is 2.86 bits per heavy atom. The molecule has 1 amide bonds. The lowest BCUT2D eigenvalue weighted by molar-refractivity contribution is 0.0690. The monoisotopic (exact) mass is 442 g/mol. The van der Waals surface area contributed by atoms with Gasteiger partial charge in [-0.15, -0.1) is 11.3 Å². The predicted octanol–water partition coefficient (Wildman–Crippen LogP) is 4.28. The fraction of sp³-hybridized carbons (Fsp3) is 0.650. The average molecular weight is 443 g/mol. The zero-order valence-electron chi connectivity index (χ0n) is 17.3. The maximum absolute atomic E-state index is 12.2. The number of unbranched alkanes of at least 4 members (excludes halogenated alkanes) is 1. The van der Waals surface area contributed by atoms with Gasteiger partial charge in [0.25, 0.3) is 0 Å². The Bertz CT molecular complexity index is 734. The normalized spacial score (nSPS) is 21.0. The Morgan fingerprint density at radius 1 is 1.52 bits per heavy atom. The number of aliphatic hydroxyl groups is 1. The van der Waals surface area contributed by atoms with E-state index in [1.165, 1.54) is 28.5 Å². The maximum atomic E-state index is 12.2. The number of nitrogens with zero attached hydrogens (tertiary/aromatic N) is 2. The van der Waals surface area contributed by atoms with Crippen molar-refractivity contribution in [1.82, 2.24) is 9.88 Å². The molecule has 29 heavy (non-hydrogen) atoms. The number of hydrogen-bond donors (Lipinski definition) is 2. The Kier molecular flexibility index (Phi) is 8.54. The molecule has 0 saturated carbocycles. The number of amides is 1. The molecule has 0 aromatic carbocycles. The highest BCUT2D eigenvalue weighted by molar-refractivity contribution is 8.01. The summed E-state index contributed by atoms with van der Waals surface area (Å²) < 4.78 is 6.02. The van der Waals surface area contributed by atoms with Gasteiger partial charge in [0, 0.05) is 17.7 Å². The topological polar surface area (TPSA) is 100.0 Å². The minimum absolute atomic E-state index is 0.0344. The van der Waals surface area contributed by atoms with Gasteiger partial charge in [-0.1, -0.05) is 57.5 Å². The Hall–Kier alpha value is -1.58. The molecule has 0 aliphatic carbocycles. The third kappa shape index (κ3) is 6.45. The number of ether oxygens (including phenoxy) is 1. The number of carboxylic acid groups (broad SMARTS) is 1. The minimum atomic E-state index is -1.05. The van der Waals surface area contributed by atoms with Crippen LogP contribution in [0.2, 0.25) is 0 Å². The zero-order valence-corrected chi connectivity index (χ0v) is 19.0. The van der Waals surface area contributed by atoms with E-state index >= 15 is 0 Å². The summed E-state index contributed by atoms with van der Waals surface area (Å²) in [6, 6.07) is -0.245. The molecule has 7 nitrogen and oxygen atoms in total. The number of aliphatic hydroxyl groups excluding tert-OH is 1. The molecule has 3 atom stereocenters. The Labute approximate surface area is 180 Å². The smallest absolute Gasteiger partial charge is 0.410 e. The van der Waals surface area contributed by atoms with E-state index in [0.29, 0.717) is 16.6 Å². The summed E-state index contributed by atoms with van der Waals surface area (Å²) in [5.74, 6) is -0.473. The van der Waals surface area contributed by atoms with Gasteiger partial charge in [-0.3, -0.25) is 4.90 Å². The van der Waals surface area contributed by atoms with E-state index in [0.717, 1.165) is 19.3 Å². The fourth-order valence-corrected chi connectivity index (χ4v) is 4.89. The van der Waals surface area contributed by atoms with E-state index in [1.807, 2.05) is 26.8 Å². The van der Waals surface area contributed by atoms with Crippen molar-refractivity contribution in [1.29, 1.82) is 0 Å². The summed E-state index contributed by atoms with van der Waals surface area (Å²) in [5.41, 5.74) is -0.195. The van der Waals surface area contributed by atoms with Crippen molar-refractivity contribution < 1.29 is 24.5 Å². The van der Waals surface area contributed by atoms with Crippen LogP contribution < -0.4 is 0 Å². The second-order valence-electron chi connectivity index (χ2n) is 7.85. The second-order valence-corrected chi connectivity index (χ2v) is 10.0. The first-order valence-electron chi connectivity index (χ1n) is 9.81. The molecule has 1 unspecified atom stereocenters. The van der Waals surface area contributed by atoms with Crippen molar-refractivity contribution >= 4 is 35.2 Å². The zero-order chi connectivity index (χ0) is 21.6. The SMILES string of the molecule is CCCCC(C)(C)C(O)/C=C/[C@H]1[C@H](C)OC(=O)N1CCSc1nc(C(=O)O)cs1. The Morgan fingerprint density at radius 2 is 2.24 bits per heavy atom. The summed E-state index contributed by atoms with van der Waals surface area (Å²) in [6.45, 7) is 8.51. The van der Waals surface area contributed by atoms with Crippen molar-refractivity contribution in [3.8, 4) is 0 Å². The van der Waals surface area contributed by atoms with Crippen LogP contribution in [0.25, 0.3) is 0 Å². The van der Waals surface area contributed by atoms with Crippen molar-refractivity contribution in [2.24, 2.45) is 5.41 Å². The van der Waals surface area contributed by atoms with Crippen molar-refractivity contribution in [2.75, 3.05) is 12.3 Å². The molecule has 2 heterocycles. The van der Waals surface area contributed by atoms with Crippen LogP contribution in [-0.2, 0) is 4.74 Å². The van der Waals surface area contributed by atoms with E-state index in [-0.39, 0.29) is 29.3 Å². The number of aromatic nitrogens is 1. The molecule has 2 rings (SSSR count). The van der Waals surface area contributed by atoms with Crippen LogP contribution in [-0.4, -0.2) is 62.7 Å². The molecule has 0 spiro atoms. The van der Waals surface area contributed by atoms with Gasteiger partial charge in [-0.25, -0.2) is 14.6 Å². The van der Waals surface area contributed by atoms with Crippen molar-refractivity contribution in [2.45, 2.75) is 69.5 Å². The van der Waals surface area contributed by atoms with Crippen LogP contribution in [0.3, 0.4) is 0 Å². The van der Waals surface area contributed by atoms with E-state index in [1.54, 1.807) is 11.0 Å². The van der Waals surface area contributed by atoms with Crippen molar-refractivity contribution in [3.05, 3.63) is 23.2 Å². The third-order valence-electron chi connectivity index (χ3n) is 5.09. The van der Waals surface area contributed by atoms with Crippen LogP contribution in [0.5, 0.6) is 0 Å². The largest absolute Gasteiger partial charge is 0.476 e. The van der Waals surface area contributed by atoms with Gasteiger partial charge < -0.3 is 14.9 Å². The summed E-state index contributed by atoms with van der Waals surface area (Å²) in [7, 11) is 0. The van der Waals surface area contributed by atoms with Crippen LogP contribution in [0.4, 0.5) is 4.79 Å². The van der Waals surface area contributed by atoms with Gasteiger partial charge in [-0.2, -0.15) is 0 Å². The number of hydrogen-bond acceptors (Lipinski definition) is 7. The molecule has 9 heteroatoms. The maximum Gasteiger partial charge on any atom is 0.410 e. The van der Waals surface area contributed by atoms with Crippen LogP contribution in [0.15, 0.2) is 21.9 Å². The number of cyclic esters (lactones) is 1. The van der Waals surface area contributed by atoms with Crippen LogP contribution in [0, 0.1) is 5.41 Å². The molecule has 0 radical (unpaired) electrons. The number of carboxylic acids is 1. The highest BCUT2D eigenvalue weighted by Crippen LogP contribution is 2.30. The molecule has 1 aromatic rings. The number of thioether (sulfide) groups is 1. The molecule has 1 saturated heterocycles. The number of aromatic carboxylic acids is 1. The van der Waals surface area contributed by atoms with Gasteiger partial charge in [0.2, 0.25) is 0 Å². The first-order chi connectivity index (χ1) is 13.7. The Balaban J connectivity index is 1.95. The van der Waals surface area contributed by atoms with Gasteiger partial charge in [0.05, 0.1) is 12.1 Å². The van der Waals surface area contributed by atoms with Gasteiger partial charge >= 0.3 is 12.1 Å². The summed E-state index contributed by atoms with van der Waals surface area (Å²) in [6.07, 6.45) is 5.44. The molecular weight excluding hydrogens is 412 g/mol. The van der Waals surface area contributed by atoms with Gasteiger partial charge in [0.15, 0.2) is 10.0 Å². The van der Waals surface area contributed by atoms with Gasteiger partial charge in [-0.05, 0) is 18.8 Å². The molecule has 1 aliphatic rings. The number of rotatable bonds is 11. The number of thiazole rings is 1. The number of carbonyl (C=O) groups excluding carboxylic acids is 1. The summed E-state index contributed by atoms with van der Waals surface area (Å²) in [4.78, 5) is 28.8. The molecule has 162 valence electrons. The molecule has 2 N–H and O–H groups in total. The first kappa shape index (κ1) is 23.7. The first-order valence-corrected chi connectivity index (χ1v) is 11.7. The highest BCUT2D eigenvalue weighted by Gasteiger charge is 2.37. The van der Waals surface area contributed by atoms with Crippen LogP contribution in [0.1, 0.15) is 57.4 Å². The van der Waals surface area contributed by atoms with Crippen molar-refractivity contribution in [3.63, 3.8) is 0 Å². The van der Waals surface area contributed by atoms with Crippen LogP contribution >= 0.6 is 23.1 Å². The van der Waals surface area contributed by atoms with E-state index in [4.69, 9.17) is 9.84 Å². The number of carbonyl (C=O) groups is 2. The predicted molar refractivity (Wildman–Crippen MR) is 115 cm³/mol. The minimum Gasteiger partial charge on any atom is -0.476 e.